The Labute approximate surface area is 151 Å². The SMILES string of the molecule is COc1cc(-c2cc(-c3cccc(F)c3)cnc2N)cc(OC)c1OC. The smallest absolute Gasteiger partial charge is 0.203 e. The number of methoxy groups -OCH3 is 3. The average molecular weight is 354 g/mol. The van der Waals surface area contributed by atoms with Crippen molar-refractivity contribution in [3.63, 3.8) is 0 Å². The first-order valence-corrected chi connectivity index (χ1v) is 7.89. The molecule has 26 heavy (non-hydrogen) atoms. The molecule has 0 fully saturated rings. The quantitative estimate of drug-likeness (QED) is 0.745. The third-order valence-electron chi connectivity index (χ3n) is 4.05. The number of hydrogen-bond donors (Lipinski definition) is 1. The van der Waals surface area contributed by atoms with Gasteiger partial charge in [0.15, 0.2) is 11.5 Å². The molecule has 0 saturated heterocycles. The van der Waals surface area contributed by atoms with Crippen molar-refractivity contribution in [2.75, 3.05) is 27.1 Å². The van der Waals surface area contributed by atoms with Gasteiger partial charge in [0.05, 0.1) is 21.3 Å². The van der Waals surface area contributed by atoms with Gasteiger partial charge in [-0.05, 0) is 41.5 Å². The molecular weight excluding hydrogens is 335 g/mol. The molecule has 0 aliphatic heterocycles. The molecule has 0 aliphatic rings. The van der Waals surface area contributed by atoms with Gasteiger partial charge < -0.3 is 19.9 Å². The Bertz CT molecular complexity index is 919. The van der Waals surface area contributed by atoms with Crippen molar-refractivity contribution < 1.29 is 18.6 Å². The Hall–Kier alpha value is -3.28. The van der Waals surface area contributed by atoms with Crippen LogP contribution in [0.3, 0.4) is 0 Å². The summed E-state index contributed by atoms with van der Waals surface area (Å²) in [6.45, 7) is 0. The fraction of sp³-hybridized carbons (Fsp3) is 0.150. The molecule has 3 rings (SSSR count). The van der Waals surface area contributed by atoms with E-state index in [0.29, 0.717) is 34.2 Å². The molecule has 0 amide bonds. The van der Waals surface area contributed by atoms with E-state index in [0.717, 1.165) is 11.1 Å². The van der Waals surface area contributed by atoms with Crippen LogP contribution in [0.5, 0.6) is 17.2 Å². The van der Waals surface area contributed by atoms with Gasteiger partial charge in [0, 0.05) is 17.3 Å². The van der Waals surface area contributed by atoms with Crippen LogP contribution in [0.15, 0.2) is 48.7 Å². The second-order valence-electron chi connectivity index (χ2n) is 5.58. The molecule has 6 heteroatoms. The molecule has 1 heterocycles. The Balaban J connectivity index is 2.16. The minimum absolute atomic E-state index is 0.311. The van der Waals surface area contributed by atoms with Gasteiger partial charge >= 0.3 is 0 Å². The van der Waals surface area contributed by atoms with Gasteiger partial charge in [-0.1, -0.05) is 12.1 Å². The summed E-state index contributed by atoms with van der Waals surface area (Å²) in [5.41, 5.74) is 8.99. The molecule has 0 unspecified atom stereocenters. The summed E-state index contributed by atoms with van der Waals surface area (Å²) in [7, 11) is 4.64. The molecule has 5 nitrogen and oxygen atoms in total. The second kappa shape index (κ2) is 7.31. The predicted molar refractivity (Wildman–Crippen MR) is 99.1 cm³/mol. The van der Waals surface area contributed by atoms with E-state index in [1.54, 1.807) is 45.7 Å². The van der Waals surface area contributed by atoms with Crippen LogP contribution in [-0.2, 0) is 0 Å². The first-order chi connectivity index (χ1) is 12.6. The molecule has 2 aromatic carbocycles. The second-order valence-corrected chi connectivity index (χ2v) is 5.58. The minimum atomic E-state index is -0.311. The normalized spacial score (nSPS) is 10.5. The Kier molecular flexibility index (Phi) is 4.93. The van der Waals surface area contributed by atoms with Crippen LogP contribution >= 0.6 is 0 Å². The van der Waals surface area contributed by atoms with Gasteiger partial charge in [-0.3, -0.25) is 0 Å². The van der Waals surface area contributed by atoms with Crippen LogP contribution in [0.2, 0.25) is 0 Å². The molecule has 1 aromatic heterocycles. The van der Waals surface area contributed by atoms with E-state index < -0.39 is 0 Å². The van der Waals surface area contributed by atoms with Gasteiger partial charge in [0.25, 0.3) is 0 Å². The number of rotatable bonds is 5. The lowest BCUT2D eigenvalue weighted by atomic mass is 10.00. The average Bonchev–Trinajstić information content (AvgIpc) is 2.67. The van der Waals surface area contributed by atoms with Crippen LogP contribution in [0, 0.1) is 5.82 Å². The fourth-order valence-electron chi connectivity index (χ4n) is 2.77. The molecule has 3 aromatic rings. The summed E-state index contributed by atoms with van der Waals surface area (Å²) < 4.78 is 29.7. The Morgan fingerprint density at radius 1 is 0.846 bits per heavy atom. The molecule has 0 atom stereocenters. The van der Waals surface area contributed by atoms with Crippen LogP contribution in [-0.4, -0.2) is 26.3 Å². The largest absolute Gasteiger partial charge is 0.493 e. The Morgan fingerprint density at radius 3 is 2.12 bits per heavy atom. The molecule has 2 N–H and O–H groups in total. The van der Waals surface area contributed by atoms with Gasteiger partial charge in [0.2, 0.25) is 5.75 Å². The summed E-state index contributed by atoms with van der Waals surface area (Å²) in [6.07, 6.45) is 1.62. The van der Waals surface area contributed by atoms with E-state index >= 15 is 0 Å². The third-order valence-corrected chi connectivity index (χ3v) is 4.05. The zero-order valence-corrected chi connectivity index (χ0v) is 14.7. The zero-order chi connectivity index (χ0) is 18.7. The lowest BCUT2D eigenvalue weighted by Gasteiger charge is -2.15. The molecular formula is C20H19FN2O3. The number of aromatic nitrogens is 1. The highest BCUT2D eigenvalue weighted by atomic mass is 19.1. The predicted octanol–water partition coefficient (Wildman–Crippen LogP) is 4.16. The number of pyridine rings is 1. The van der Waals surface area contributed by atoms with Gasteiger partial charge in [-0.2, -0.15) is 0 Å². The number of nitrogens with zero attached hydrogens (tertiary/aromatic N) is 1. The number of nitrogen functional groups attached to an aromatic ring is 1. The highest BCUT2D eigenvalue weighted by molar-refractivity contribution is 5.81. The minimum Gasteiger partial charge on any atom is -0.493 e. The standard InChI is InChI=1S/C20H19FN2O3/c1-24-17-9-13(10-18(25-2)19(17)26-3)16-8-14(11-23-20(16)22)12-5-4-6-15(21)7-12/h4-11H,1-3H3,(H2,22,23). The lowest BCUT2D eigenvalue weighted by Crippen LogP contribution is -1.98. The van der Waals surface area contributed by atoms with E-state index in [1.165, 1.54) is 12.1 Å². The molecule has 0 radical (unpaired) electrons. The number of ether oxygens (including phenoxy) is 3. The van der Waals surface area contributed by atoms with Crippen LogP contribution in [0.25, 0.3) is 22.3 Å². The number of halogens is 1. The third kappa shape index (κ3) is 3.26. The van der Waals surface area contributed by atoms with E-state index in [4.69, 9.17) is 19.9 Å². The van der Waals surface area contributed by atoms with Crippen molar-refractivity contribution in [1.29, 1.82) is 0 Å². The number of nitrogens with two attached hydrogens (primary N) is 1. The maximum absolute atomic E-state index is 13.5. The van der Waals surface area contributed by atoms with Crippen LogP contribution in [0.1, 0.15) is 0 Å². The summed E-state index contributed by atoms with van der Waals surface area (Å²) in [4.78, 5) is 4.26. The summed E-state index contributed by atoms with van der Waals surface area (Å²) in [6, 6.07) is 11.8. The van der Waals surface area contributed by atoms with E-state index in [9.17, 15) is 4.39 Å². The first kappa shape index (κ1) is 17.5. The lowest BCUT2D eigenvalue weighted by molar-refractivity contribution is 0.324. The molecule has 0 bridgehead atoms. The number of benzene rings is 2. The molecule has 0 spiro atoms. The van der Waals surface area contributed by atoms with E-state index in [-0.39, 0.29) is 5.82 Å². The van der Waals surface area contributed by atoms with Crippen molar-refractivity contribution in [3.05, 3.63) is 54.5 Å². The fourth-order valence-corrected chi connectivity index (χ4v) is 2.77. The maximum atomic E-state index is 13.5. The molecule has 134 valence electrons. The van der Waals surface area contributed by atoms with Gasteiger partial charge in [-0.25, -0.2) is 9.37 Å². The number of hydrogen-bond acceptors (Lipinski definition) is 5. The first-order valence-electron chi connectivity index (χ1n) is 7.89. The monoisotopic (exact) mass is 354 g/mol. The van der Waals surface area contributed by atoms with Gasteiger partial charge in [-0.15, -0.1) is 0 Å². The topological polar surface area (TPSA) is 66.6 Å². The van der Waals surface area contributed by atoms with Crippen molar-refractivity contribution in [3.8, 4) is 39.5 Å². The van der Waals surface area contributed by atoms with Crippen molar-refractivity contribution >= 4 is 5.82 Å². The Morgan fingerprint density at radius 2 is 1.54 bits per heavy atom. The summed E-state index contributed by atoms with van der Waals surface area (Å²) in [5, 5.41) is 0. The molecule has 0 saturated carbocycles. The number of anilines is 1. The maximum Gasteiger partial charge on any atom is 0.203 e. The van der Waals surface area contributed by atoms with E-state index in [1.807, 2.05) is 12.1 Å². The van der Waals surface area contributed by atoms with Crippen molar-refractivity contribution in [2.24, 2.45) is 0 Å². The summed E-state index contributed by atoms with van der Waals surface area (Å²) >= 11 is 0. The summed E-state index contributed by atoms with van der Waals surface area (Å²) in [5.74, 6) is 1.55. The van der Waals surface area contributed by atoms with E-state index in [2.05, 4.69) is 4.98 Å². The van der Waals surface area contributed by atoms with Crippen LogP contribution in [0.4, 0.5) is 10.2 Å². The molecule has 0 aliphatic carbocycles. The van der Waals surface area contributed by atoms with Crippen molar-refractivity contribution in [2.45, 2.75) is 0 Å². The van der Waals surface area contributed by atoms with Gasteiger partial charge in [0.1, 0.15) is 11.6 Å². The van der Waals surface area contributed by atoms with Crippen molar-refractivity contribution in [1.82, 2.24) is 4.98 Å². The highest BCUT2D eigenvalue weighted by Gasteiger charge is 2.16. The highest BCUT2D eigenvalue weighted by Crippen LogP contribution is 2.42. The zero-order valence-electron chi connectivity index (χ0n) is 14.7. The van der Waals surface area contributed by atoms with Crippen LogP contribution < -0.4 is 19.9 Å².